The Morgan fingerprint density at radius 3 is 2.70 bits per heavy atom. The molecule has 1 N–H and O–H groups in total. The number of aryl methyl sites for hydroxylation is 1. The standard InChI is InChI=1S/C17H23N3O3/c1-5-7-14-16(22)20(17(23)18-14)10-15(21)13-9-11(3)19(8-6-2)12(13)4/h6,9,14H,2,5,7-8,10H2,1,3-4H3,(H,18,23)/t14-/m1/s1. The summed E-state index contributed by atoms with van der Waals surface area (Å²) < 4.78 is 1.98. The number of allylic oxidation sites excluding steroid dienone is 1. The van der Waals surface area contributed by atoms with Gasteiger partial charge in [0.2, 0.25) is 0 Å². The Balaban J connectivity index is 2.16. The zero-order chi connectivity index (χ0) is 17.1. The van der Waals surface area contributed by atoms with Crippen LogP contribution in [0, 0.1) is 13.8 Å². The van der Waals surface area contributed by atoms with Crippen LogP contribution in [-0.2, 0) is 11.3 Å². The van der Waals surface area contributed by atoms with Gasteiger partial charge in [-0.25, -0.2) is 4.79 Å². The molecule has 0 unspecified atom stereocenters. The van der Waals surface area contributed by atoms with Crippen LogP contribution in [0.15, 0.2) is 18.7 Å². The number of urea groups is 1. The Labute approximate surface area is 136 Å². The number of ketones is 1. The molecule has 1 atom stereocenters. The molecule has 1 saturated heterocycles. The predicted molar refractivity (Wildman–Crippen MR) is 87.4 cm³/mol. The summed E-state index contributed by atoms with van der Waals surface area (Å²) >= 11 is 0. The van der Waals surface area contributed by atoms with Crippen LogP contribution in [0.5, 0.6) is 0 Å². The van der Waals surface area contributed by atoms with Gasteiger partial charge in [-0.05, 0) is 26.3 Å². The lowest BCUT2D eigenvalue weighted by Crippen LogP contribution is -2.36. The molecule has 124 valence electrons. The lowest BCUT2D eigenvalue weighted by molar-refractivity contribution is -0.127. The number of aromatic nitrogens is 1. The van der Waals surface area contributed by atoms with Gasteiger partial charge >= 0.3 is 6.03 Å². The van der Waals surface area contributed by atoms with Gasteiger partial charge in [0, 0.05) is 23.5 Å². The van der Waals surface area contributed by atoms with Crippen LogP contribution < -0.4 is 5.32 Å². The van der Waals surface area contributed by atoms with Crippen LogP contribution >= 0.6 is 0 Å². The van der Waals surface area contributed by atoms with Crippen LogP contribution in [0.25, 0.3) is 0 Å². The molecule has 1 aromatic rings. The minimum Gasteiger partial charge on any atom is -0.345 e. The van der Waals surface area contributed by atoms with E-state index in [0.717, 1.165) is 22.7 Å². The second-order valence-corrected chi connectivity index (χ2v) is 5.82. The Morgan fingerprint density at radius 2 is 2.09 bits per heavy atom. The Morgan fingerprint density at radius 1 is 1.39 bits per heavy atom. The third kappa shape index (κ3) is 3.21. The maximum Gasteiger partial charge on any atom is 0.325 e. The molecule has 6 heteroatoms. The van der Waals surface area contributed by atoms with Crippen molar-refractivity contribution in [1.29, 1.82) is 0 Å². The molecule has 0 radical (unpaired) electrons. The summed E-state index contributed by atoms with van der Waals surface area (Å²) in [5, 5.41) is 2.63. The fraction of sp³-hybridized carbons (Fsp3) is 0.471. The highest BCUT2D eigenvalue weighted by Crippen LogP contribution is 2.18. The highest BCUT2D eigenvalue weighted by Gasteiger charge is 2.38. The van der Waals surface area contributed by atoms with E-state index in [1.165, 1.54) is 0 Å². The smallest absolute Gasteiger partial charge is 0.325 e. The summed E-state index contributed by atoms with van der Waals surface area (Å²) in [6.45, 7) is 9.83. The van der Waals surface area contributed by atoms with Crippen molar-refractivity contribution in [3.05, 3.63) is 35.7 Å². The number of rotatable bonds is 7. The van der Waals surface area contributed by atoms with E-state index in [-0.39, 0.29) is 18.2 Å². The van der Waals surface area contributed by atoms with Crippen LogP contribution in [0.4, 0.5) is 4.79 Å². The average Bonchev–Trinajstić information content (AvgIpc) is 2.93. The number of nitrogens with one attached hydrogen (secondary N) is 1. The zero-order valence-corrected chi connectivity index (χ0v) is 13.9. The number of carbonyl (C=O) groups excluding carboxylic acids is 3. The maximum atomic E-state index is 12.5. The molecule has 0 aromatic carbocycles. The van der Waals surface area contributed by atoms with Crippen molar-refractivity contribution in [2.24, 2.45) is 0 Å². The van der Waals surface area contributed by atoms with Gasteiger partial charge in [0.15, 0.2) is 5.78 Å². The van der Waals surface area contributed by atoms with E-state index in [2.05, 4.69) is 11.9 Å². The van der Waals surface area contributed by atoms with Gasteiger partial charge in [0.05, 0.1) is 6.54 Å². The van der Waals surface area contributed by atoms with E-state index in [4.69, 9.17) is 0 Å². The lowest BCUT2D eigenvalue weighted by Gasteiger charge is -2.12. The molecular formula is C17H23N3O3. The van der Waals surface area contributed by atoms with E-state index in [1.54, 1.807) is 12.1 Å². The van der Waals surface area contributed by atoms with E-state index in [0.29, 0.717) is 18.5 Å². The van der Waals surface area contributed by atoms with Crippen LogP contribution in [0.3, 0.4) is 0 Å². The van der Waals surface area contributed by atoms with Gasteiger partial charge in [-0.1, -0.05) is 19.4 Å². The molecule has 1 aromatic heterocycles. The molecule has 3 amide bonds. The van der Waals surface area contributed by atoms with Gasteiger partial charge in [0.25, 0.3) is 5.91 Å². The monoisotopic (exact) mass is 317 g/mol. The Bertz CT molecular complexity index is 660. The van der Waals surface area contributed by atoms with Crippen molar-refractivity contribution in [3.63, 3.8) is 0 Å². The number of amides is 3. The molecule has 2 heterocycles. The largest absolute Gasteiger partial charge is 0.345 e. The first-order valence-corrected chi connectivity index (χ1v) is 7.83. The third-order valence-electron chi connectivity index (χ3n) is 4.17. The van der Waals surface area contributed by atoms with Crippen molar-refractivity contribution in [3.8, 4) is 0 Å². The lowest BCUT2D eigenvalue weighted by atomic mass is 10.1. The molecule has 23 heavy (non-hydrogen) atoms. The van der Waals surface area contributed by atoms with E-state index >= 15 is 0 Å². The van der Waals surface area contributed by atoms with Gasteiger partial charge in [-0.15, -0.1) is 6.58 Å². The van der Waals surface area contributed by atoms with Gasteiger partial charge < -0.3 is 9.88 Å². The fourth-order valence-corrected chi connectivity index (χ4v) is 2.93. The third-order valence-corrected chi connectivity index (χ3v) is 4.17. The second-order valence-electron chi connectivity index (χ2n) is 5.82. The number of carbonyl (C=O) groups is 3. The number of hydrogen-bond acceptors (Lipinski definition) is 3. The van der Waals surface area contributed by atoms with Gasteiger partial charge in [-0.3, -0.25) is 14.5 Å². The normalized spacial score (nSPS) is 17.5. The summed E-state index contributed by atoms with van der Waals surface area (Å²) in [5.41, 5.74) is 2.32. The highest BCUT2D eigenvalue weighted by molar-refractivity contribution is 6.09. The Hall–Kier alpha value is -2.37. The van der Waals surface area contributed by atoms with E-state index in [9.17, 15) is 14.4 Å². The molecule has 1 fully saturated rings. The van der Waals surface area contributed by atoms with E-state index < -0.39 is 12.1 Å². The van der Waals surface area contributed by atoms with Gasteiger partial charge in [-0.2, -0.15) is 0 Å². The molecule has 0 bridgehead atoms. The maximum absolute atomic E-state index is 12.5. The van der Waals surface area contributed by atoms with Crippen molar-refractivity contribution in [1.82, 2.24) is 14.8 Å². The van der Waals surface area contributed by atoms with E-state index in [1.807, 2.05) is 25.3 Å². The first-order valence-electron chi connectivity index (χ1n) is 7.83. The van der Waals surface area contributed by atoms with Crippen LogP contribution in [-0.4, -0.2) is 39.8 Å². The first kappa shape index (κ1) is 17.0. The minimum atomic E-state index is -0.506. The molecule has 1 aliphatic rings. The van der Waals surface area contributed by atoms with Crippen molar-refractivity contribution >= 4 is 17.7 Å². The molecule has 1 aliphatic heterocycles. The zero-order valence-electron chi connectivity index (χ0n) is 13.9. The summed E-state index contributed by atoms with van der Waals surface area (Å²) in [5.74, 6) is -0.542. The minimum absolute atomic E-state index is 0.219. The second kappa shape index (κ2) is 6.81. The molecule has 0 saturated carbocycles. The summed E-state index contributed by atoms with van der Waals surface area (Å²) in [7, 11) is 0. The highest BCUT2D eigenvalue weighted by atomic mass is 16.2. The summed E-state index contributed by atoms with van der Waals surface area (Å²) in [4.78, 5) is 37.7. The SMILES string of the molecule is C=CCn1c(C)cc(C(=O)CN2C(=O)N[C@H](CCC)C2=O)c1C. The number of hydrogen-bond donors (Lipinski definition) is 1. The van der Waals surface area contributed by atoms with Crippen LogP contribution in [0.2, 0.25) is 0 Å². The molecular weight excluding hydrogens is 294 g/mol. The molecule has 0 aliphatic carbocycles. The molecule has 6 nitrogen and oxygen atoms in total. The number of imide groups is 1. The van der Waals surface area contributed by atoms with Crippen LogP contribution in [0.1, 0.15) is 41.5 Å². The summed E-state index contributed by atoms with van der Waals surface area (Å²) in [6, 6.07) is 0.804. The average molecular weight is 317 g/mol. The van der Waals surface area contributed by atoms with Crippen molar-refractivity contribution in [2.75, 3.05) is 6.54 Å². The summed E-state index contributed by atoms with van der Waals surface area (Å²) in [6.07, 6.45) is 3.14. The number of nitrogens with zero attached hydrogens (tertiary/aromatic N) is 2. The van der Waals surface area contributed by atoms with Gasteiger partial charge in [0.1, 0.15) is 6.04 Å². The first-order chi connectivity index (χ1) is 10.9. The molecule has 2 rings (SSSR count). The quantitative estimate of drug-likeness (QED) is 0.476. The Kier molecular flexibility index (Phi) is 5.03. The van der Waals surface area contributed by atoms with Crippen molar-refractivity contribution < 1.29 is 14.4 Å². The predicted octanol–water partition coefficient (Wildman–Crippen LogP) is 2.19. The molecule has 0 spiro atoms. The number of Topliss-reactive ketones (excluding diaryl/α,β-unsaturated/α-hetero) is 1. The fourth-order valence-electron chi connectivity index (χ4n) is 2.93. The topological polar surface area (TPSA) is 71.4 Å². The van der Waals surface area contributed by atoms with Crippen molar-refractivity contribution in [2.45, 2.75) is 46.2 Å².